The molecule has 0 saturated heterocycles. The highest BCUT2D eigenvalue weighted by Gasteiger charge is 2.11. The van der Waals surface area contributed by atoms with Gasteiger partial charge < -0.3 is 4.74 Å². The predicted octanol–water partition coefficient (Wildman–Crippen LogP) is 3.43. The van der Waals surface area contributed by atoms with E-state index in [4.69, 9.17) is 4.74 Å². The van der Waals surface area contributed by atoms with Crippen LogP contribution in [-0.4, -0.2) is 21.0 Å². The van der Waals surface area contributed by atoms with Gasteiger partial charge in [0.25, 0.3) is 0 Å². The third-order valence-electron chi connectivity index (χ3n) is 3.05. The molecule has 3 rings (SSSR count). The number of nitrogens with zero attached hydrogens (tertiary/aromatic N) is 3. The first kappa shape index (κ1) is 12.7. The van der Waals surface area contributed by atoms with Crippen molar-refractivity contribution in [3.8, 4) is 17.0 Å². The van der Waals surface area contributed by atoms with Gasteiger partial charge in [-0.25, -0.2) is 4.98 Å². The van der Waals surface area contributed by atoms with E-state index >= 15 is 0 Å². The molecular weight excluding hydrogens is 250 g/mol. The van der Waals surface area contributed by atoms with Gasteiger partial charge in [-0.3, -0.25) is 9.38 Å². The van der Waals surface area contributed by atoms with Crippen LogP contribution < -0.4 is 4.74 Å². The van der Waals surface area contributed by atoms with Crippen LogP contribution in [0.5, 0.6) is 5.75 Å². The van der Waals surface area contributed by atoms with Crippen LogP contribution >= 0.6 is 0 Å². The summed E-state index contributed by atoms with van der Waals surface area (Å²) in [6.45, 7) is 4.99. The number of fused-ring (bicyclic) bond motifs is 1. The molecule has 0 bridgehead atoms. The molecular formula is C16H17N3O. The van der Waals surface area contributed by atoms with Gasteiger partial charge in [-0.1, -0.05) is 26.0 Å². The minimum Gasteiger partial charge on any atom is -0.493 e. The molecule has 102 valence electrons. The van der Waals surface area contributed by atoms with Crippen LogP contribution in [0.25, 0.3) is 16.9 Å². The maximum absolute atomic E-state index is 5.91. The minimum absolute atomic E-state index is 0.495. The van der Waals surface area contributed by atoms with E-state index in [1.807, 2.05) is 35.0 Å². The Balaban J connectivity index is 2.05. The number of hydrogen-bond donors (Lipinski definition) is 0. The number of imidazole rings is 1. The van der Waals surface area contributed by atoms with E-state index in [0.29, 0.717) is 12.5 Å². The van der Waals surface area contributed by atoms with Crippen molar-refractivity contribution >= 4 is 5.65 Å². The average molecular weight is 267 g/mol. The van der Waals surface area contributed by atoms with Gasteiger partial charge in [-0.15, -0.1) is 0 Å². The molecule has 3 aromatic rings. The molecule has 0 aliphatic heterocycles. The number of ether oxygens (including phenoxy) is 1. The first-order chi connectivity index (χ1) is 9.75. The molecule has 0 atom stereocenters. The summed E-state index contributed by atoms with van der Waals surface area (Å²) in [6, 6.07) is 8.06. The SMILES string of the molecule is CC(C)COc1ccccc1-c1cnc2cnccn12. The summed E-state index contributed by atoms with van der Waals surface area (Å²) in [5.74, 6) is 1.38. The highest BCUT2D eigenvalue weighted by molar-refractivity contribution is 5.69. The van der Waals surface area contributed by atoms with Gasteiger partial charge in [-0.2, -0.15) is 0 Å². The molecule has 0 unspecified atom stereocenters. The van der Waals surface area contributed by atoms with Gasteiger partial charge in [0.05, 0.1) is 24.7 Å². The Hall–Kier alpha value is -2.36. The zero-order valence-corrected chi connectivity index (χ0v) is 11.7. The maximum Gasteiger partial charge on any atom is 0.155 e. The van der Waals surface area contributed by atoms with Gasteiger partial charge in [0.2, 0.25) is 0 Å². The minimum atomic E-state index is 0.495. The molecule has 2 heterocycles. The van der Waals surface area contributed by atoms with Gasteiger partial charge in [0.1, 0.15) is 5.75 Å². The standard InChI is InChI=1S/C16H17N3O/c1-12(2)11-20-15-6-4-3-5-13(15)14-9-18-16-10-17-7-8-19(14)16/h3-10,12H,11H2,1-2H3. The second-order valence-corrected chi connectivity index (χ2v) is 5.15. The quantitative estimate of drug-likeness (QED) is 0.727. The van der Waals surface area contributed by atoms with Crippen LogP contribution in [0.4, 0.5) is 0 Å². The monoisotopic (exact) mass is 267 g/mol. The number of hydrogen-bond acceptors (Lipinski definition) is 3. The Labute approximate surface area is 118 Å². The number of rotatable bonds is 4. The van der Waals surface area contributed by atoms with Crippen LogP contribution in [0.15, 0.2) is 49.1 Å². The van der Waals surface area contributed by atoms with Crippen molar-refractivity contribution in [1.29, 1.82) is 0 Å². The van der Waals surface area contributed by atoms with Crippen molar-refractivity contribution < 1.29 is 4.74 Å². The molecule has 0 N–H and O–H groups in total. The summed E-state index contributed by atoms with van der Waals surface area (Å²) >= 11 is 0. The molecule has 0 amide bonds. The van der Waals surface area contributed by atoms with Gasteiger partial charge in [0.15, 0.2) is 5.65 Å². The summed E-state index contributed by atoms with van der Waals surface area (Å²) in [5, 5.41) is 0. The molecule has 20 heavy (non-hydrogen) atoms. The van der Waals surface area contributed by atoms with E-state index in [9.17, 15) is 0 Å². The molecule has 0 radical (unpaired) electrons. The summed E-state index contributed by atoms with van der Waals surface area (Å²) in [5.41, 5.74) is 2.90. The maximum atomic E-state index is 5.91. The second-order valence-electron chi connectivity index (χ2n) is 5.15. The molecule has 0 aliphatic carbocycles. The van der Waals surface area contributed by atoms with E-state index in [0.717, 1.165) is 22.7 Å². The molecule has 1 aromatic carbocycles. The summed E-state index contributed by atoms with van der Waals surface area (Å²) in [4.78, 5) is 8.46. The van der Waals surface area contributed by atoms with Crippen molar-refractivity contribution in [2.45, 2.75) is 13.8 Å². The zero-order valence-electron chi connectivity index (χ0n) is 11.7. The van der Waals surface area contributed by atoms with Crippen LogP contribution in [-0.2, 0) is 0 Å². The fraction of sp³-hybridized carbons (Fsp3) is 0.250. The summed E-state index contributed by atoms with van der Waals surface area (Å²) in [6.07, 6.45) is 7.28. The Bertz CT molecular complexity index is 718. The molecule has 0 spiro atoms. The second kappa shape index (κ2) is 5.33. The molecule has 0 aliphatic rings. The van der Waals surface area contributed by atoms with E-state index in [2.05, 4.69) is 29.9 Å². The summed E-state index contributed by atoms with van der Waals surface area (Å²) in [7, 11) is 0. The Morgan fingerprint density at radius 1 is 1.20 bits per heavy atom. The number of para-hydroxylation sites is 1. The fourth-order valence-electron chi connectivity index (χ4n) is 2.10. The Morgan fingerprint density at radius 2 is 2.05 bits per heavy atom. The Kier molecular flexibility index (Phi) is 3.37. The van der Waals surface area contributed by atoms with Crippen molar-refractivity contribution in [2.75, 3.05) is 6.61 Å². The van der Waals surface area contributed by atoms with Gasteiger partial charge in [0, 0.05) is 18.0 Å². The van der Waals surface area contributed by atoms with Crippen molar-refractivity contribution in [3.63, 3.8) is 0 Å². The van der Waals surface area contributed by atoms with Crippen LogP contribution in [0.3, 0.4) is 0 Å². The largest absolute Gasteiger partial charge is 0.493 e. The smallest absolute Gasteiger partial charge is 0.155 e. The highest BCUT2D eigenvalue weighted by Crippen LogP contribution is 2.30. The van der Waals surface area contributed by atoms with E-state index < -0.39 is 0 Å². The predicted molar refractivity (Wildman–Crippen MR) is 78.8 cm³/mol. The van der Waals surface area contributed by atoms with E-state index in [1.165, 1.54) is 0 Å². The first-order valence-electron chi connectivity index (χ1n) is 6.75. The zero-order chi connectivity index (χ0) is 13.9. The lowest BCUT2D eigenvalue weighted by Gasteiger charge is -2.12. The lowest BCUT2D eigenvalue weighted by molar-refractivity contribution is 0.272. The van der Waals surface area contributed by atoms with Crippen LogP contribution in [0, 0.1) is 5.92 Å². The lowest BCUT2D eigenvalue weighted by Crippen LogP contribution is -2.05. The molecule has 0 saturated carbocycles. The molecule has 4 heteroatoms. The van der Waals surface area contributed by atoms with Gasteiger partial charge >= 0.3 is 0 Å². The van der Waals surface area contributed by atoms with Gasteiger partial charge in [-0.05, 0) is 18.1 Å². The number of benzene rings is 1. The number of aromatic nitrogens is 3. The van der Waals surface area contributed by atoms with E-state index in [-0.39, 0.29) is 0 Å². The van der Waals surface area contributed by atoms with Crippen molar-refractivity contribution in [3.05, 3.63) is 49.1 Å². The van der Waals surface area contributed by atoms with Crippen LogP contribution in [0.2, 0.25) is 0 Å². The third kappa shape index (κ3) is 2.37. The normalized spacial score (nSPS) is 11.2. The fourth-order valence-corrected chi connectivity index (χ4v) is 2.10. The average Bonchev–Trinajstić information content (AvgIpc) is 2.89. The van der Waals surface area contributed by atoms with Crippen LogP contribution in [0.1, 0.15) is 13.8 Å². The topological polar surface area (TPSA) is 39.4 Å². The molecule has 4 nitrogen and oxygen atoms in total. The highest BCUT2D eigenvalue weighted by atomic mass is 16.5. The molecule has 0 fully saturated rings. The first-order valence-corrected chi connectivity index (χ1v) is 6.75. The third-order valence-corrected chi connectivity index (χ3v) is 3.05. The summed E-state index contributed by atoms with van der Waals surface area (Å²) < 4.78 is 7.93. The van der Waals surface area contributed by atoms with E-state index in [1.54, 1.807) is 12.4 Å². The molecule has 2 aromatic heterocycles. The van der Waals surface area contributed by atoms with Crippen molar-refractivity contribution in [1.82, 2.24) is 14.4 Å². The van der Waals surface area contributed by atoms with Crippen molar-refractivity contribution in [2.24, 2.45) is 5.92 Å². The Morgan fingerprint density at radius 3 is 2.90 bits per heavy atom. The lowest BCUT2D eigenvalue weighted by atomic mass is 10.1.